The summed E-state index contributed by atoms with van der Waals surface area (Å²) in [5, 5.41) is 0.579. The molecule has 1 heterocycles. The first-order valence-corrected chi connectivity index (χ1v) is 13.0. The van der Waals surface area contributed by atoms with Crippen LogP contribution in [-0.4, -0.2) is 19.1 Å². The number of ether oxygens (including phenoxy) is 1. The van der Waals surface area contributed by atoms with Crippen molar-refractivity contribution >= 4 is 43.2 Å². The number of rotatable bonds is 8. The van der Waals surface area contributed by atoms with Crippen LogP contribution < -0.4 is 14.3 Å². The number of sulfonamides is 1. The highest BCUT2D eigenvalue weighted by Gasteiger charge is 2.17. The van der Waals surface area contributed by atoms with E-state index in [4.69, 9.17) is 16.3 Å². The SMILES string of the molecule is CC(C)Oc1cccc(CNS(=O)(=O)c2ccc3c(c2)sc(=O)n3Cc2ccccc2Cl)c1. The van der Waals surface area contributed by atoms with Crippen molar-refractivity contribution in [2.45, 2.75) is 37.9 Å². The van der Waals surface area contributed by atoms with Crippen molar-refractivity contribution in [3.05, 3.63) is 92.5 Å². The molecule has 0 fully saturated rings. The maximum atomic E-state index is 12.9. The molecule has 0 aliphatic heterocycles. The lowest BCUT2D eigenvalue weighted by atomic mass is 10.2. The largest absolute Gasteiger partial charge is 0.491 e. The zero-order valence-electron chi connectivity index (χ0n) is 18.1. The predicted octanol–water partition coefficient (Wildman–Crippen LogP) is 5.03. The summed E-state index contributed by atoms with van der Waals surface area (Å²) in [5.41, 5.74) is 2.28. The number of nitrogens with zero attached hydrogens (tertiary/aromatic N) is 1. The third-order valence-corrected chi connectivity index (χ3v) is 7.68. The van der Waals surface area contributed by atoms with Crippen molar-refractivity contribution in [2.75, 3.05) is 0 Å². The van der Waals surface area contributed by atoms with E-state index in [0.29, 0.717) is 27.5 Å². The summed E-state index contributed by atoms with van der Waals surface area (Å²) >= 11 is 7.25. The van der Waals surface area contributed by atoms with Gasteiger partial charge in [0.15, 0.2) is 0 Å². The molecule has 0 amide bonds. The fourth-order valence-electron chi connectivity index (χ4n) is 3.42. The number of fused-ring (bicyclic) bond motifs is 1. The normalized spacial score (nSPS) is 11.9. The Morgan fingerprint density at radius 1 is 1.06 bits per heavy atom. The van der Waals surface area contributed by atoms with E-state index < -0.39 is 10.0 Å². The molecule has 0 aliphatic carbocycles. The molecule has 4 aromatic rings. The van der Waals surface area contributed by atoms with Crippen LogP contribution in [0.2, 0.25) is 5.02 Å². The molecule has 0 saturated heterocycles. The minimum atomic E-state index is -3.77. The molecule has 4 rings (SSSR count). The van der Waals surface area contributed by atoms with Crippen molar-refractivity contribution in [1.29, 1.82) is 0 Å². The topological polar surface area (TPSA) is 77.4 Å². The molecular weight excluding hydrogens is 480 g/mol. The fraction of sp³-hybridized carbons (Fsp3) is 0.208. The highest BCUT2D eigenvalue weighted by molar-refractivity contribution is 7.89. The van der Waals surface area contributed by atoms with Gasteiger partial charge in [0, 0.05) is 11.6 Å². The van der Waals surface area contributed by atoms with E-state index in [1.165, 1.54) is 12.1 Å². The van der Waals surface area contributed by atoms with Gasteiger partial charge in [0.05, 0.1) is 27.8 Å². The van der Waals surface area contributed by atoms with Gasteiger partial charge in [-0.25, -0.2) is 13.1 Å². The number of thiazole rings is 1. The Morgan fingerprint density at radius 3 is 2.61 bits per heavy atom. The molecule has 1 N–H and O–H groups in total. The van der Waals surface area contributed by atoms with Gasteiger partial charge in [-0.05, 0) is 61.4 Å². The summed E-state index contributed by atoms with van der Waals surface area (Å²) in [6.45, 7) is 4.31. The molecular formula is C24H23ClN2O4S2. The molecule has 172 valence electrons. The molecule has 3 aromatic carbocycles. The molecule has 0 radical (unpaired) electrons. The standard InChI is InChI=1S/C24H23ClN2O4S2/c1-16(2)31-19-8-5-6-17(12-19)14-26-33(29,30)20-10-11-22-23(13-20)32-24(28)27(22)15-18-7-3-4-9-21(18)25/h3-13,16,26H,14-15H2,1-2H3. The average Bonchev–Trinajstić information content (AvgIpc) is 3.08. The predicted molar refractivity (Wildman–Crippen MR) is 133 cm³/mol. The summed E-state index contributed by atoms with van der Waals surface area (Å²) in [6.07, 6.45) is 0.0287. The number of hydrogen-bond acceptors (Lipinski definition) is 5. The molecule has 0 spiro atoms. The number of benzene rings is 3. The van der Waals surface area contributed by atoms with Crippen LogP contribution in [0.1, 0.15) is 25.0 Å². The fourth-order valence-corrected chi connectivity index (χ4v) is 5.67. The van der Waals surface area contributed by atoms with Crippen LogP contribution in [0.5, 0.6) is 5.75 Å². The van der Waals surface area contributed by atoms with Crippen molar-refractivity contribution in [1.82, 2.24) is 9.29 Å². The molecule has 0 aliphatic rings. The lowest BCUT2D eigenvalue weighted by Crippen LogP contribution is -2.23. The van der Waals surface area contributed by atoms with Crippen LogP contribution in [-0.2, 0) is 23.1 Å². The minimum absolute atomic E-state index is 0.0287. The zero-order chi connectivity index (χ0) is 23.6. The Labute approximate surface area is 201 Å². The Morgan fingerprint density at radius 2 is 1.85 bits per heavy atom. The van der Waals surface area contributed by atoms with E-state index >= 15 is 0 Å². The number of hydrogen-bond donors (Lipinski definition) is 1. The van der Waals surface area contributed by atoms with Gasteiger partial charge in [0.2, 0.25) is 10.0 Å². The maximum absolute atomic E-state index is 12.9. The molecule has 6 nitrogen and oxygen atoms in total. The molecule has 0 saturated carbocycles. The highest BCUT2D eigenvalue weighted by atomic mass is 35.5. The van der Waals surface area contributed by atoms with Gasteiger partial charge >= 0.3 is 4.87 Å². The lowest BCUT2D eigenvalue weighted by Gasteiger charge is -2.12. The summed E-state index contributed by atoms with van der Waals surface area (Å²) < 4.78 is 36.3. The first kappa shape index (κ1) is 23.5. The van der Waals surface area contributed by atoms with Crippen LogP contribution in [0.15, 0.2) is 76.4 Å². The van der Waals surface area contributed by atoms with E-state index in [1.807, 2.05) is 56.3 Å². The van der Waals surface area contributed by atoms with Crippen LogP contribution in [0, 0.1) is 0 Å². The van der Waals surface area contributed by atoms with E-state index in [-0.39, 0.29) is 22.4 Å². The van der Waals surface area contributed by atoms with Crippen molar-refractivity contribution in [3.8, 4) is 5.75 Å². The van der Waals surface area contributed by atoms with Gasteiger partial charge in [-0.15, -0.1) is 0 Å². The van der Waals surface area contributed by atoms with Crippen LogP contribution in [0.25, 0.3) is 10.2 Å². The molecule has 0 atom stereocenters. The molecule has 9 heteroatoms. The monoisotopic (exact) mass is 502 g/mol. The second-order valence-corrected chi connectivity index (χ2v) is 11.0. The van der Waals surface area contributed by atoms with Gasteiger partial charge in [-0.2, -0.15) is 0 Å². The van der Waals surface area contributed by atoms with Gasteiger partial charge in [-0.3, -0.25) is 9.36 Å². The van der Waals surface area contributed by atoms with E-state index in [1.54, 1.807) is 16.7 Å². The zero-order valence-corrected chi connectivity index (χ0v) is 20.5. The van der Waals surface area contributed by atoms with Crippen molar-refractivity contribution < 1.29 is 13.2 Å². The molecule has 33 heavy (non-hydrogen) atoms. The summed E-state index contributed by atoms with van der Waals surface area (Å²) in [4.78, 5) is 12.5. The Bertz CT molecular complexity index is 1460. The molecule has 0 unspecified atom stereocenters. The van der Waals surface area contributed by atoms with Gasteiger partial charge in [-0.1, -0.05) is 53.3 Å². The average molecular weight is 503 g/mol. The summed E-state index contributed by atoms with van der Waals surface area (Å²) in [5.74, 6) is 0.688. The Hall–Kier alpha value is -2.65. The first-order valence-electron chi connectivity index (χ1n) is 10.3. The van der Waals surface area contributed by atoms with Gasteiger partial charge < -0.3 is 4.74 Å². The quantitative estimate of drug-likeness (QED) is 0.366. The molecule has 0 bridgehead atoms. The third-order valence-electron chi connectivity index (χ3n) is 4.97. The third kappa shape index (κ3) is 5.47. The second-order valence-electron chi connectivity index (χ2n) is 7.81. The highest BCUT2D eigenvalue weighted by Crippen LogP contribution is 2.24. The van der Waals surface area contributed by atoms with E-state index in [2.05, 4.69) is 4.72 Å². The smallest absolute Gasteiger partial charge is 0.308 e. The van der Waals surface area contributed by atoms with Crippen molar-refractivity contribution in [2.24, 2.45) is 0 Å². The maximum Gasteiger partial charge on any atom is 0.308 e. The van der Waals surface area contributed by atoms with Crippen LogP contribution in [0.3, 0.4) is 0 Å². The van der Waals surface area contributed by atoms with Crippen LogP contribution >= 0.6 is 22.9 Å². The summed E-state index contributed by atoms with van der Waals surface area (Å²) in [6, 6.07) is 19.3. The minimum Gasteiger partial charge on any atom is -0.491 e. The van der Waals surface area contributed by atoms with E-state index in [0.717, 1.165) is 22.5 Å². The lowest BCUT2D eigenvalue weighted by molar-refractivity contribution is 0.242. The molecule has 1 aromatic heterocycles. The number of nitrogens with one attached hydrogen (secondary N) is 1. The van der Waals surface area contributed by atoms with Gasteiger partial charge in [0.25, 0.3) is 0 Å². The number of aromatic nitrogens is 1. The Kier molecular flexibility index (Phi) is 6.90. The van der Waals surface area contributed by atoms with Crippen molar-refractivity contribution in [3.63, 3.8) is 0 Å². The van der Waals surface area contributed by atoms with E-state index in [9.17, 15) is 13.2 Å². The first-order chi connectivity index (χ1) is 15.7. The Balaban J connectivity index is 1.56. The second kappa shape index (κ2) is 9.69. The van der Waals surface area contributed by atoms with Gasteiger partial charge in [0.1, 0.15) is 5.75 Å². The van der Waals surface area contributed by atoms with Crippen LogP contribution in [0.4, 0.5) is 0 Å². The summed E-state index contributed by atoms with van der Waals surface area (Å²) in [7, 11) is -3.77. The number of halogens is 1.